The average Bonchev–Trinajstić information content (AvgIpc) is 2.90. The Hall–Kier alpha value is -1.62. The lowest BCUT2D eigenvalue weighted by Crippen LogP contribution is -2.70. The lowest BCUT2D eigenvalue weighted by atomic mass is 9.94. The second kappa shape index (κ2) is 14.0. The molecule has 0 aromatic rings. The second-order valence-corrected chi connectivity index (χ2v) is 9.89. The quantitative estimate of drug-likeness (QED) is 0.120. The van der Waals surface area contributed by atoms with Crippen LogP contribution in [0.15, 0.2) is 0 Å². The van der Waals surface area contributed by atoms with Crippen LogP contribution >= 0.6 is 0 Å². The van der Waals surface area contributed by atoms with Crippen LogP contribution in [0.1, 0.15) is 13.8 Å². The van der Waals surface area contributed by atoms with Gasteiger partial charge in [-0.2, -0.15) is 0 Å². The molecule has 2 amide bonds. The molecule has 0 spiro atoms. The topological polar surface area (TPSA) is 292 Å². The van der Waals surface area contributed by atoms with Gasteiger partial charge in [0.25, 0.3) is 0 Å². The normalized spacial score (nSPS) is 46.0. The Labute approximate surface area is 228 Å². The van der Waals surface area contributed by atoms with Crippen LogP contribution in [0.3, 0.4) is 0 Å². The van der Waals surface area contributed by atoms with Gasteiger partial charge in [-0.05, 0) is 0 Å². The van der Waals surface area contributed by atoms with Crippen molar-refractivity contribution in [1.29, 1.82) is 0 Å². The number of carbonyl (C=O) groups excluding carboxylic acids is 2. The van der Waals surface area contributed by atoms with Gasteiger partial charge in [0.05, 0.1) is 25.9 Å². The third-order valence-corrected chi connectivity index (χ3v) is 6.98. The number of carbonyl (C=O) groups is 2. The number of nitrogens with two attached hydrogens (primary N) is 1. The van der Waals surface area contributed by atoms with Gasteiger partial charge in [-0.15, -0.1) is 0 Å². The first kappa shape index (κ1) is 32.9. The van der Waals surface area contributed by atoms with E-state index in [-0.39, 0.29) is 0 Å². The van der Waals surface area contributed by atoms with Gasteiger partial charge in [0.2, 0.25) is 11.8 Å². The molecule has 3 heterocycles. The molecule has 18 nitrogen and oxygen atoms in total. The maximum absolute atomic E-state index is 12.0. The number of aliphatic hydroxyl groups is 8. The molecule has 0 bridgehead atoms. The molecule has 232 valence electrons. The largest absolute Gasteiger partial charge is 0.394 e. The molecule has 0 saturated carbocycles. The zero-order chi connectivity index (χ0) is 29.9. The molecule has 3 aliphatic rings. The number of rotatable bonds is 9. The minimum absolute atomic E-state index is 0.630. The molecule has 0 aromatic carbocycles. The van der Waals surface area contributed by atoms with Crippen molar-refractivity contribution in [2.24, 2.45) is 5.73 Å². The summed E-state index contributed by atoms with van der Waals surface area (Å²) in [6.07, 6.45) is -18.4. The molecule has 40 heavy (non-hydrogen) atoms. The molecular weight excluding hydrogens is 546 g/mol. The van der Waals surface area contributed by atoms with E-state index in [9.17, 15) is 50.4 Å². The summed E-state index contributed by atoms with van der Waals surface area (Å²) in [5.74, 6) is -1.28. The summed E-state index contributed by atoms with van der Waals surface area (Å²) in [5.41, 5.74) is 5.74. The van der Waals surface area contributed by atoms with Gasteiger partial charge in [-0.1, -0.05) is 0 Å². The summed E-state index contributed by atoms with van der Waals surface area (Å²) >= 11 is 0. The van der Waals surface area contributed by atoms with Gasteiger partial charge >= 0.3 is 0 Å². The van der Waals surface area contributed by atoms with Crippen LogP contribution in [0, 0.1) is 0 Å². The van der Waals surface area contributed by atoms with Crippen molar-refractivity contribution in [2.75, 3.05) is 19.8 Å². The second-order valence-electron chi connectivity index (χ2n) is 9.89. The summed E-state index contributed by atoms with van der Waals surface area (Å²) in [6.45, 7) is -0.000639. The molecule has 0 aliphatic carbocycles. The molecule has 1 unspecified atom stereocenters. The van der Waals surface area contributed by atoms with Crippen molar-refractivity contribution in [2.45, 2.75) is 106 Å². The fourth-order valence-electron chi connectivity index (χ4n) is 4.91. The summed E-state index contributed by atoms with van der Waals surface area (Å²) in [4.78, 5) is 23.8. The van der Waals surface area contributed by atoms with Crippen molar-refractivity contribution in [1.82, 2.24) is 10.6 Å². The molecule has 18 heteroatoms. The van der Waals surface area contributed by atoms with Gasteiger partial charge in [-0.3, -0.25) is 9.59 Å². The predicted octanol–water partition coefficient (Wildman–Crippen LogP) is -7.32. The molecule has 3 fully saturated rings. The van der Waals surface area contributed by atoms with Crippen LogP contribution in [-0.2, 0) is 33.3 Å². The average molecular weight is 586 g/mol. The standard InChI is InChI=1S/C22H39N3O15/c1-6(29)24-12-16(33)14(31)8(3-26)37-21(12)40-19-10(5-28)38-22(13(17(19)34)25-7(2)30)39-18-9(4-27)36-20(35)11(23)15(18)32/h8-22,26-28,31-35H,3-5,23H2,1-2H3,(H,24,29)(H,25,30)/t8-,9-,10-,11-,12-,13-,14-,15-,16-,17-,18-,19-,20?,21+,22+/m1/s1. The minimum atomic E-state index is -1.73. The monoisotopic (exact) mass is 585 g/mol. The Balaban J connectivity index is 1.87. The van der Waals surface area contributed by atoms with Gasteiger partial charge in [-0.25, -0.2) is 0 Å². The van der Waals surface area contributed by atoms with Crippen molar-refractivity contribution in [3.8, 4) is 0 Å². The SMILES string of the molecule is CC(=O)N[C@H]1[C@H](O[C@H]2[C@H](O)[C@@H](N)C(O)O[C@@H]2CO)O[C@H](CO)[C@@H](O[C@@H]2O[C@H](CO)[C@@H](O)[C@H](O)[C@H]2NC(C)=O)[C@@H]1O. The molecule has 3 rings (SSSR count). The van der Waals surface area contributed by atoms with Crippen molar-refractivity contribution >= 4 is 11.8 Å². The van der Waals surface area contributed by atoms with Gasteiger partial charge in [0, 0.05) is 13.8 Å². The fourth-order valence-corrected chi connectivity index (χ4v) is 4.91. The summed E-state index contributed by atoms with van der Waals surface area (Å²) in [6, 6.07) is -4.17. The molecule has 0 radical (unpaired) electrons. The Morgan fingerprint density at radius 3 is 1.57 bits per heavy atom. The van der Waals surface area contributed by atoms with Gasteiger partial charge in [0.1, 0.15) is 67.0 Å². The molecule has 0 aromatic heterocycles. The Morgan fingerprint density at radius 2 is 1.10 bits per heavy atom. The van der Waals surface area contributed by atoms with Crippen molar-refractivity contribution in [3.63, 3.8) is 0 Å². The smallest absolute Gasteiger partial charge is 0.217 e. The van der Waals surface area contributed by atoms with Gasteiger partial charge in [0.15, 0.2) is 18.9 Å². The van der Waals surface area contributed by atoms with Crippen LogP contribution in [0.2, 0.25) is 0 Å². The number of hydrogen-bond acceptors (Lipinski definition) is 16. The van der Waals surface area contributed by atoms with Crippen molar-refractivity contribution in [3.05, 3.63) is 0 Å². The van der Waals surface area contributed by atoms with Gasteiger partial charge < -0.3 is 80.9 Å². The first-order valence-electron chi connectivity index (χ1n) is 12.6. The highest BCUT2D eigenvalue weighted by Crippen LogP contribution is 2.32. The lowest BCUT2D eigenvalue weighted by molar-refractivity contribution is -0.351. The zero-order valence-corrected chi connectivity index (χ0v) is 21.8. The lowest BCUT2D eigenvalue weighted by Gasteiger charge is -2.49. The maximum Gasteiger partial charge on any atom is 0.217 e. The van der Waals surface area contributed by atoms with E-state index in [1.54, 1.807) is 0 Å². The Bertz CT molecular complexity index is 854. The first-order chi connectivity index (χ1) is 18.8. The van der Waals surface area contributed by atoms with E-state index >= 15 is 0 Å². The van der Waals surface area contributed by atoms with E-state index in [0.717, 1.165) is 13.8 Å². The molecule has 15 atom stereocenters. The summed E-state index contributed by atoms with van der Waals surface area (Å²) < 4.78 is 28.1. The van der Waals surface area contributed by atoms with Crippen LogP contribution in [0.4, 0.5) is 0 Å². The molecular formula is C22H39N3O15. The fraction of sp³-hybridized carbons (Fsp3) is 0.909. The Morgan fingerprint density at radius 1 is 0.675 bits per heavy atom. The van der Waals surface area contributed by atoms with E-state index < -0.39 is 124 Å². The maximum atomic E-state index is 12.0. The summed E-state index contributed by atoms with van der Waals surface area (Å²) in [5, 5.41) is 86.6. The third kappa shape index (κ3) is 7.05. The van der Waals surface area contributed by atoms with E-state index in [1.165, 1.54) is 0 Å². The minimum Gasteiger partial charge on any atom is -0.394 e. The molecule has 3 aliphatic heterocycles. The van der Waals surface area contributed by atoms with Crippen LogP contribution < -0.4 is 16.4 Å². The number of hydrogen-bond donors (Lipinski definition) is 11. The number of aliphatic hydroxyl groups excluding tert-OH is 8. The first-order valence-corrected chi connectivity index (χ1v) is 12.6. The third-order valence-electron chi connectivity index (χ3n) is 6.98. The van der Waals surface area contributed by atoms with Crippen LogP contribution in [0.5, 0.6) is 0 Å². The zero-order valence-electron chi connectivity index (χ0n) is 21.8. The predicted molar refractivity (Wildman–Crippen MR) is 126 cm³/mol. The highest BCUT2D eigenvalue weighted by molar-refractivity contribution is 5.73. The molecule has 3 saturated heterocycles. The Kier molecular flexibility index (Phi) is 11.5. The summed E-state index contributed by atoms with van der Waals surface area (Å²) in [7, 11) is 0. The number of ether oxygens (including phenoxy) is 5. The highest BCUT2D eigenvalue weighted by Gasteiger charge is 2.53. The van der Waals surface area contributed by atoms with E-state index in [0.29, 0.717) is 0 Å². The van der Waals surface area contributed by atoms with Crippen LogP contribution in [-0.4, -0.2) is 164 Å². The van der Waals surface area contributed by atoms with Crippen molar-refractivity contribution < 1.29 is 74.1 Å². The van der Waals surface area contributed by atoms with E-state index in [2.05, 4.69) is 10.6 Å². The number of nitrogens with one attached hydrogen (secondary N) is 2. The number of amides is 2. The van der Waals surface area contributed by atoms with E-state index in [4.69, 9.17) is 29.4 Å². The molecule has 12 N–H and O–H groups in total. The van der Waals surface area contributed by atoms with E-state index in [1.807, 2.05) is 0 Å². The van der Waals surface area contributed by atoms with Crippen LogP contribution in [0.25, 0.3) is 0 Å². The highest BCUT2D eigenvalue weighted by atomic mass is 16.7.